The molecular formula is C6H7NO3. The minimum Gasteiger partial charge on any atom is -0.355 e. The van der Waals surface area contributed by atoms with E-state index in [4.69, 9.17) is 5.26 Å². The number of ether oxygens (including phenoxy) is 1. The second-order valence-electron chi connectivity index (χ2n) is 1.52. The van der Waals surface area contributed by atoms with E-state index in [9.17, 15) is 9.59 Å². The normalized spacial score (nSPS) is 11.5. The Morgan fingerprint density at radius 3 is 2.60 bits per heavy atom. The molecule has 0 aliphatic heterocycles. The summed E-state index contributed by atoms with van der Waals surface area (Å²) in [6.07, 6.45) is 0.362. The van der Waals surface area contributed by atoms with Gasteiger partial charge in [-0.3, -0.25) is 0 Å². The van der Waals surface area contributed by atoms with Crippen LogP contribution in [0.25, 0.3) is 0 Å². The molecule has 0 saturated carbocycles. The fraction of sp³-hybridized carbons (Fsp3) is 0.500. The Labute approximate surface area is 58.4 Å². The Kier molecular flexibility index (Phi) is 5.20. The van der Waals surface area contributed by atoms with E-state index in [1.54, 1.807) is 6.07 Å². The zero-order chi connectivity index (χ0) is 7.82. The van der Waals surface area contributed by atoms with E-state index < -0.39 is 6.10 Å². The minimum atomic E-state index is -0.775. The van der Waals surface area contributed by atoms with Gasteiger partial charge in [0.05, 0.1) is 6.07 Å². The summed E-state index contributed by atoms with van der Waals surface area (Å²) in [4.78, 5) is 19.5. The van der Waals surface area contributed by atoms with Crippen molar-refractivity contribution in [3.05, 3.63) is 0 Å². The first kappa shape index (κ1) is 8.79. The number of carbonyl (C=O) groups is 2. The van der Waals surface area contributed by atoms with Crippen LogP contribution in [0.15, 0.2) is 0 Å². The highest BCUT2D eigenvalue weighted by atomic mass is 16.5. The second kappa shape index (κ2) is 5.92. The van der Waals surface area contributed by atoms with Crippen LogP contribution in [0.2, 0.25) is 0 Å². The molecule has 10 heavy (non-hydrogen) atoms. The molecule has 1 atom stereocenters. The zero-order valence-corrected chi connectivity index (χ0v) is 5.32. The molecule has 0 aliphatic rings. The molecule has 0 aromatic heterocycles. The first-order valence-corrected chi connectivity index (χ1v) is 2.73. The molecule has 0 radical (unpaired) electrons. The van der Waals surface area contributed by atoms with Crippen molar-refractivity contribution >= 4 is 12.6 Å². The molecule has 0 N–H and O–H groups in total. The summed E-state index contributed by atoms with van der Waals surface area (Å²) >= 11 is 0. The Morgan fingerprint density at radius 1 is 1.50 bits per heavy atom. The van der Waals surface area contributed by atoms with Crippen molar-refractivity contribution in [2.24, 2.45) is 0 Å². The van der Waals surface area contributed by atoms with E-state index in [2.05, 4.69) is 4.74 Å². The monoisotopic (exact) mass is 141 g/mol. The maximum Gasteiger partial charge on any atom is 0.151 e. The van der Waals surface area contributed by atoms with Crippen LogP contribution in [0.5, 0.6) is 0 Å². The average molecular weight is 141 g/mol. The topological polar surface area (TPSA) is 67.2 Å². The van der Waals surface area contributed by atoms with Crippen LogP contribution < -0.4 is 0 Å². The van der Waals surface area contributed by atoms with Crippen molar-refractivity contribution in [1.82, 2.24) is 0 Å². The van der Waals surface area contributed by atoms with Gasteiger partial charge in [-0.1, -0.05) is 0 Å². The van der Waals surface area contributed by atoms with E-state index in [1.807, 2.05) is 0 Å². The summed E-state index contributed by atoms with van der Waals surface area (Å²) in [5.74, 6) is 0. The number of rotatable bonds is 5. The summed E-state index contributed by atoms with van der Waals surface area (Å²) in [6, 6.07) is 1.73. The third-order valence-corrected chi connectivity index (χ3v) is 0.820. The van der Waals surface area contributed by atoms with Gasteiger partial charge < -0.3 is 14.3 Å². The molecule has 0 amide bonds. The van der Waals surface area contributed by atoms with Crippen molar-refractivity contribution < 1.29 is 14.3 Å². The zero-order valence-electron chi connectivity index (χ0n) is 5.32. The Morgan fingerprint density at radius 2 is 2.20 bits per heavy atom. The minimum absolute atomic E-state index is 0.0182. The van der Waals surface area contributed by atoms with Crippen LogP contribution in [0.3, 0.4) is 0 Å². The van der Waals surface area contributed by atoms with Crippen molar-refractivity contribution in [3.63, 3.8) is 0 Å². The van der Waals surface area contributed by atoms with Gasteiger partial charge in [0.2, 0.25) is 0 Å². The van der Waals surface area contributed by atoms with Crippen LogP contribution in [0, 0.1) is 11.3 Å². The molecule has 0 aromatic carbocycles. The van der Waals surface area contributed by atoms with Gasteiger partial charge in [-0.15, -0.1) is 0 Å². The SMILES string of the molecule is N#CC(CC=O)OCC=O. The Bertz CT molecular complexity index is 150. The first-order chi connectivity index (χ1) is 4.85. The lowest BCUT2D eigenvalue weighted by Gasteiger charge is -2.01. The molecule has 0 heterocycles. The van der Waals surface area contributed by atoms with Crippen LogP contribution in [0.1, 0.15) is 6.42 Å². The molecular weight excluding hydrogens is 134 g/mol. The summed E-state index contributed by atoms with van der Waals surface area (Å²) in [5.41, 5.74) is 0. The van der Waals surface area contributed by atoms with Crippen molar-refractivity contribution in [2.75, 3.05) is 6.61 Å². The molecule has 0 spiro atoms. The molecule has 0 aromatic rings. The standard InChI is InChI=1S/C6H7NO3/c7-5-6(1-2-8)10-4-3-9/h2-3,6H,1,4H2. The largest absolute Gasteiger partial charge is 0.355 e. The highest BCUT2D eigenvalue weighted by Gasteiger charge is 2.04. The fourth-order valence-electron chi connectivity index (χ4n) is 0.401. The molecule has 1 unspecified atom stereocenters. The van der Waals surface area contributed by atoms with E-state index in [0.29, 0.717) is 12.6 Å². The number of hydrogen-bond donors (Lipinski definition) is 0. The summed E-state index contributed by atoms with van der Waals surface area (Å²) < 4.78 is 4.62. The number of carbonyl (C=O) groups excluding carboxylic acids is 2. The van der Waals surface area contributed by atoms with Gasteiger partial charge in [0.25, 0.3) is 0 Å². The second-order valence-corrected chi connectivity index (χ2v) is 1.52. The van der Waals surface area contributed by atoms with Gasteiger partial charge >= 0.3 is 0 Å². The first-order valence-electron chi connectivity index (χ1n) is 2.73. The van der Waals surface area contributed by atoms with Gasteiger partial charge in [0.1, 0.15) is 19.2 Å². The number of nitriles is 1. The molecule has 0 saturated heterocycles. The van der Waals surface area contributed by atoms with Crippen LogP contribution in [-0.2, 0) is 14.3 Å². The maximum atomic E-state index is 9.82. The van der Waals surface area contributed by atoms with Crippen molar-refractivity contribution in [2.45, 2.75) is 12.5 Å². The van der Waals surface area contributed by atoms with E-state index >= 15 is 0 Å². The lowest BCUT2D eigenvalue weighted by Crippen LogP contribution is -2.12. The average Bonchev–Trinajstić information content (AvgIpc) is 1.98. The number of hydrogen-bond acceptors (Lipinski definition) is 4. The number of nitrogens with zero attached hydrogens (tertiary/aromatic N) is 1. The predicted octanol–water partition coefficient (Wildman–Crippen LogP) is -0.317. The van der Waals surface area contributed by atoms with E-state index in [0.717, 1.165) is 0 Å². The summed E-state index contributed by atoms with van der Waals surface area (Å²) in [5, 5.41) is 8.23. The van der Waals surface area contributed by atoms with E-state index in [-0.39, 0.29) is 13.0 Å². The molecule has 0 aliphatic carbocycles. The quantitative estimate of drug-likeness (QED) is 0.492. The third-order valence-electron chi connectivity index (χ3n) is 0.820. The molecule has 4 heteroatoms. The Hall–Kier alpha value is -1.21. The highest BCUT2D eigenvalue weighted by molar-refractivity contribution is 5.52. The fourth-order valence-corrected chi connectivity index (χ4v) is 0.401. The highest BCUT2D eigenvalue weighted by Crippen LogP contribution is 1.91. The lowest BCUT2D eigenvalue weighted by molar-refractivity contribution is -0.115. The third kappa shape index (κ3) is 3.75. The van der Waals surface area contributed by atoms with Gasteiger partial charge in [-0.25, -0.2) is 0 Å². The summed E-state index contributed by atoms with van der Waals surface area (Å²) in [6.45, 7) is -0.133. The van der Waals surface area contributed by atoms with E-state index in [1.165, 1.54) is 0 Å². The van der Waals surface area contributed by atoms with Gasteiger partial charge in [-0.05, 0) is 0 Å². The smallest absolute Gasteiger partial charge is 0.151 e. The maximum absolute atomic E-state index is 9.82. The van der Waals surface area contributed by atoms with Gasteiger partial charge in [0, 0.05) is 6.42 Å². The van der Waals surface area contributed by atoms with Crippen molar-refractivity contribution in [1.29, 1.82) is 5.26 Å². The summed E-state index contributed by atoms with van der Waals surface area (Å²) in [7, 11) is 0. The van der Waals surface area contributed by atoms with Crippen LogP contribution >= 0.6 is 0 Å². The van der Waals surface area contributed by atoms with Crippen molar-refractivity contribution in [3.8, 4) is 6.07 Å². The number of aldehydes is 2. The molecule has 0 rings (SSSR count). The lowest BCUT2D eigenvalue weighted by atomic mass is 10.3. The van der Waals surface area contributed by atoms with Crippen LogP contribution in [-0.4, -0.2) is 25.3 Å². The molecule has 0 bridgehead atoms. The molecule has 0 fully saturated rings. The molecule has 4 nitrogen and oxygen atoms in total. The van der Waals surface area contributed by atoms with Crippen LogP contribution in [0.4, 0.5) is 0 Å². The predicted molar refractivity (Wildman–Crippen MR) is 32.1 cm³/mol. The molecule has 54 valence electrons. The van der Waals surface area contributed by atoms with Gasteiger partial charge in [-0.2, -0.15) is 5.26 Å². The van der Waals surface area contributed by atoms with Gasteiger partial charge in [0.15, 0.2) is 6.10 Å². The Balaban J connectivity index is 3.51.